The highest BCUT2D eigenvalue weighted by atomic mass is 32.1. The maximum Gasteiger partial charge on any atom is 0.116 e. The lowest BCUT2D eigenvalue weighted by atomic mass is 10.1. The summed E-state index contributed by atoms with van der Waals surface area (Å²) in [5.74, 6) is 0. The van der Waals surface area contributed by atoms with E-state index in [0.717, 1.165) is 24.2 Å². The molecular formula is C11H15N3S. The van der Waals surface area contributed by atoms with Crippen LogP contribution in [0.2, 0.25) is 0 Å². The number of thiophene rings is 1. The third kappa shape index (κ3) is 2.33. The Morgan fingerprint density at radius 2 is 2.33 bits per heavy atom. The Kier molecular flexibility index (Phi) is 3.28. The van der Waals surface area contributed by atoms with Gasteiger partial charge in [-0.05, 0) is 24.9 Å². The van der Waals surface area contributed by atoms with Crippen LogP contribution < -0.4 is 5.32 Å². The van der Waals surface area contributed by atoms with Gasteiger partial charge in [-0.1, -0.05) is 6.92 Å². The van der Waals surface area contributed by atoms with Gasteiger partial charge in [0.25, 0.3) is 0 Å². The largest absolute Gasteiger partial charge is 0.314 e. The van der Waals surface area contributed by atoms with Gasteiger partial charge < -0.3 is 5.32 Å². The van der Waals surface area contributed by atoms with Crippen molar-refractivity contribution in [3.05, 3.63) is 23.5 Å². The molecule has 0 saturated carbocycles. The van der Waals surface area contributed by atoms with Crippen LogP contribution in [0.25, 0.3) is 10.2 Å². The van der Waals surface area contributed by atoms with Crippen molar-refractivity contribution in [1.82, 2.24) is 15.3 Å². The van der Waals surface area contributed by atoms with Crippen LogP contribution in [0.4, 0.5) is 0 Å². The number of likely N-dealkylation sites (N-methyl/N-ethyl adjacent to an activating group) is 1. The van der Waals surface area contributed by atoms with Crippen molar-refractivity contribution in [3.63, 3.8) is 0 Å². The molecular weight excluding hydrogens is 206 g/mol. The van der Waals surface area contributed by atoms with Crippen molar-refractivity contribution in [2.24, 2.45) is 0 Å². The Labute approximate surface area is 93.6 Å². The van der Waals surface area contributed by atoms with E-state index in [2.05, 4.69) is 34.5 Å². The molecule has 0 fully saturated rings. The van der Waals surface area contributed by atoms with Crippen LogP contribution >= 0.6 is 11.3 Å². The molecule has 2 heterocycles. The zero-order valence-corrected chi connectivity index (χ0v) is 9.84. The number of hydrogen-bond acceptors (Lipinski definition) is 4. The fraction of sp³-hybridized carbons (Fsp3) is 0.455. The van der Waals surface area contributed by atoms with Gasteiger partial charge in [0.2, 0.25) is 0 Å². The predicted molar refractivity (Wildman–Crippen MR) is 64.3 cm³/mol. The van der Waals surface area contributed by atoms with Crippen LogP contribution in [-0.2, 0) is 6.42 Å². The summed E-state index contributed by atoms with van der Waals surface area (Å²) in [6.07, 6.45) is 2.62. The Balaban J connectivity index is 2.23. The third-order valence-electron chi connectivity index (χ3n) is 2.37. The van der Waals surface area contributed by atoms with Gasteiger partial charge in [-0.25, -0.2) is 9.97 Å². The van der Waals surface area contributed by atoms with Crippen molar-refractivity contribution >= 4 is 21.6 Å². The number of nitrogens with one attached hydrogen (secondary N) is 1. The van der Waals surface area contributed by atoms with Gasteiger partial charge in [0, 0.05) is 12.5 Å². The first-order chi connectivity index (χ1) is 7.31. The topological polar surface area (TPSA) is 37.8 Å². The second-order valence-corrected chi connectivity index (χ2v) is 4.53. The van der Waals surface area contributed by atoms with E-state index in [4.69, 9.17) is 0 Å². The fourth-order valence-corrected chi connectivity index (χ4v) is 2.54. The summed E-state index contributed by atoms with van der Waals surface area (Å²) in [4.78, 5) is 8.59. The molecule has 0 aliphatic carbocycles. The van der Waals surface area contributed by atoms with Crippen LogP contribution in [0.15, 0.2) is 17.8 Å². The first-order valence-corrected chi connectivity index (χ1v) is 6.09. The summed E-state index contributed by atoms with van der Waals surface area (Å²) in [5, 5.41) is 5.47. The van der Waals surface area contributed by atoms with Crippen molar-refractivity contribution in [2.75, 3.05) is 6.54 Å². The quantitative estimate of drug-likeness (QED) is 0.860. The van der Waals surface area contributed by atoms with E-state index < -0.39 is 0 Å². The van der Waals surface area contributed by atoms with Crippen LogP contribution in [0, 0.1) is 0 Å². The minimum absolute atomic E-state index is 0.468. The minimum Gasteiger partial charge on any atom is -0.314 e. The van der Waals surface area contributed by atoms with Crippen LogP contribution in [-0.4, -0.2) is 22.6 Å². The minimum atomic E-state index is 0.468. The van der Waals surface area contributed by atoms with Gasteiger partial charge in [0.05, 0.1) is 15.9 Å². The molecule has 0 aliphatic rings. The molecule has 1 unspecified atom stereocenters. The lowest BCUT2D eigenvalue weighted by molar-refractivity contribution is 0.561. The molecule has 0 amide bonds. The van der Waals surface area contributed by atoms with Crippen molar-refractivity contribution < 1.29 is 0 Å². The van der Waals surface area contributed by atoms with E-state index in [1.807, 2.05) is 6.07 Å². The number of aromatic nitrogens is 2. The molecule has 0 bridgehead atoms. The number of hydrogen-bond donors (Lipinski definition) is 1. The molecule has 0 aromatic carbocycles. The standard InChI is InChI=1S/C11H15N3S/c1-3-12-8(2)6-10-11-9(4-5-15-11)13-7-14-10/h4-5,7-8,12H,3,6H2,1-2H3. The monoisotopic (exact) mass is 221 g/mol. The van der Waals surface area contributed by atoms with Gasteiger partial charge in [-0.3, -0.25) is 0 Å². The Morgan fingerprint density at radius 3 is 3.13 bits per heavy atom. The highest BCUT2D eigenvalue weighted by Gasteiger charge is 2.08. The van der Waals surface area contributed by atoms with E-state index in [0.29, 0.717) is 6.04 Å². The van der Waals surface area contributed by atoms with Crippen molar-refractivity contribution in [2.45, 2.75) is 26.3 Å². The smallest absolute Gasteiger partial charge is 0.116 e. The van der Waals surface area contributed by atoms with E-state index in [-0.39, 0.29) is 0 Å². The van der Waals surface area contributed by atoms with Crippen LogP contribution in [0.5, 0.6) is 0 Å². The Morgan fingerprint density at radius 1 is 1.47 bits per heavy atom. The summed E-state index contributed by atoms with van der Waals surface area (Å²) >= 11 is 1.72. The molecule has 3 nitrogen and oxygen atoms in total. The van der Waals surface area contributed by atoms with E-state index >= 15 is 0 Å². The lowest BCUT2D eigenvalue weighted by Crippen LogP contribution is -2.27. The maximum atomic E-state index is 4.36. The molecule has 1 atom stereocenters. The SMILES string of the molecule is CCNC(C)Cc1ncnc2ccsc12. The second kappa shape index (κ2) is 4.68. The van der Waals surface area contributed by atoms with Gasteiger partial charge in [0.1, 0.15) is 6.33 Å². The average molecular weight is 221 g/mol. The van der Waals surface area contributed by atoms with Gasteiger partial charge in [-0.2, -0.15) is 0 Å². The molecule has 0 spiro atoms. The fourth-order valence-electron chi connectivity index (χ4n) is 1.70. The van der Waals surface area contributed by atoms with Crippen molar-refractivity contribution in [1.29, 1.82) is 0 Å². The summed E-state index contributed by atoms with van der Waals surface area (Å²) in [6.45, 7) is 5.31. The van der Waals surface area contributed by atoms with E-state index in [1.165, 1.54) is 4.70 Å². The molecule has 0 radical (unpaired) electrons. The summed E-state index contributed by atoms with van der Waals surface area (Å²) in [6, 6.07) is 2.51. The zero-order chi connectivity index (χ0) is 10.7. The van der Waals surface area contributed by atoms with E-state index in [9.17, 15) is 0 Å². The maximum absolute atomic E-state index is 4.36. The number of rotatable bonds is 4. The van der Waals surface area contributed by atoms with E-state index in [1.54, 1.807) is 17.7 Å². The molecule has 0 saturated heterocycles. The molecule has 2 aromatic rings. The molecule has 15 heavy (non-hydrogen) atoms. The highest BCUT2D eigenvalue weighted by molar-refractivity contribution is 7.17. The predicted octanol–water partition coefficient (Wildman–Crippen LogP) is 2.23. The number of nitrogens with zero attached hydrogens (tertiary/aromatic N) is 2. The normalized spacial score (nSPS) is 13.2. The highest BCUT2D eigenvalue weighted by Crippen LogP contribution is 2.21. The van der Waals surface area contributed by atoms with Crippen molar-refractivity contribution in [3.8, 4) is 0 Å². The van der Waals surface area contributed by atoms with Gasteiger partial charge in [-0.15, -0.1) is 11.3 Å². The molecule has 0 aliphatic heterocycles. The molecule has 1 N–H and O–H groups in total. The van der Waals surface area contributed by atoms with Gasteiger partial charge in [0.15, 0.2) is 0 Å². The summed E-state index contributed by atoms with van der Waals surface area (Å²) < 4.78 is 1.22. The first-order valence-electron chi connectivity index (χ1n) is 5.21. The zero-order valence-electron chi connectivity index (χ0n) is 9.03. The summed E-state index contributed by atoms with van der Waals surface area (Å²) in [7, 11) is 0. The molecule has 80 valence electrons. The lowest BCUT2D eigenvalue weighted by Gasteiger charge is -2.11. The molecule has 2 aromatic heterocycles. The van der Waals surface area contributed by atoms with Gasteiger partial charge >= 0.3 is 0 Å². The van der Waals surface area contributed by atoms with Crippen LogP contribution in [0.1, 0.15) is 19.5 Å². The Bertz CT molecular complexity index is 438. The first kappa shape index (κ1) is 10.5. The van der Waals surface area contributed by atoms with Crippen LogP contribution in [0.3, 0.4) is 0 Å². The molecule has 4 heteroatoms. The second-order valence-electron chi connectivity index (χ2n) is 3.62. The average Bonchev–Trinajstić information content (AvgIpc) is 2.67. The third-order valence-corrected chi connectivity index (χ3v) is 3.32. The Hall–Kier alpha value is -1.000. The molecule has 2 rings (SSSR count). The summed E-state index contributed by atoms with van der Waals surface area (Å²) in [5.41, 5.74) is 2.22. The number of fused-ring (bicyclic) bond motifs is 1.